The lowest BCUT2D eigenvalue weighted by molar-refractivity contribution is 0.187. The number of rotatable bonds is 11. The maximum atomic E-state index is 11.6. The predicted molar refractivity (Wildman–Crippen MR) is 122 cm³/mol. The van der Waals surface area contributed by atoms with Crippen molar-refractivity contribution in [3.05, 3.63) is 58.5 Å². The first-order valence-electron chi connectivity index (χ1n) is 9.26. The van der Waals surface area contributed by atoms with Crippen molar-refractivity contribution >= 4 is 39.3 Å². The fourth-order valence-electron chi connectivity index (χ4n) is 2.48. The van der Waals surface area contributed by atoms with Crippen molar-refractivity contribution < 1.29 is 17.9 Å². The maximum absolute atomic E-state index is 11.6. The van der Waals surface area contributed by atoms with Crippen LogP contribution < -0.4 is 15.4 Å². The summed E-state index contributed by atoms with van der Waals surface area (Å²) in [4.78, 5) is 4.18. The van der Waals surface area contributed by atoms with Gasteiger partial charge >= 0.3 is 0 Å². The first-order chi connectivity index (χ1) is 14.3. The Morgan fingerprint density at radius 1 is 1.30 bits per heavy atom. The molecule has 8 nitrogen and oxygen atoms in total. The van der Waals surface area contributed by atoms with E-state index in [0.717, 1.165) is 17.8 Å². The van der Waals surface area contributed by atoms with Crippen LogP contribution in [0.2, 0.25) is 5.02 Å². The standard InChI is InChI=1S/C19H27ClN4O4S2/c1-21-11-16-6-7-17(28-16)13-29-9-8-22-19(24-30(2,26)27)23-12-18(25)14-4-3-5-15(20)10-14/h3-7,10,18,21,25H,8-9,11-13H2,1-2H3,(H2,22,23,24). The molecular formula is C19H27ClN4O4S2. The lowest BCUT2D eigenvalue weighted by Crippen LogP contribution is -2.41. The van der Waals surface area contributed by atoms with E-state index in [1.165, 1.54) is 0 Å². The molecule has 0 aliphatic rings. The first kappa shape index (κ1) is 24.5. The summed E-state index contributed by atoms with van der Waals surface area (Å²) in [7, 11) is -1.64. The zero-order chi connectivity index (χ0) is 22.0. The highest BCUT2D eigenvalue weighted by Gasteiger charge is 2.11. The van der Waals surface area contributed by atoms with Gasteiger partial charge in [0.05, 0.1) is 31.2 Å². The zero-order valence-corrected chi connectivity index (χ0v) is 19.3. The molecule has 0 aliphatic carbocycles. The summed E-state index contributed by atoms with van der Waals surface area (Å²) in [6.07, 6.45) is 0.147. The van der Waals surface area contributed by atoms with Crippen LogP contribution in [0.3, 0.4) is 0 Å². The normalized spacial score (nSPS) is 13.3. The number of benzene rings is 1. The van der Waals surface area contributed by atoms with E-state index < -0.39 is 16.1 Å². The van der Waals surface area contributed by atoms with Crippen LogP contribution in [0.15, 0.2) is 45.8 Å². The highest BCUT2D eigenvalue weighted by atomic mass is 35.5. The summed E-state index contributed by atoms with van der Waals surface area (Å²) < 4.78 is 31.2. The number of aliphatic imine (C=N–C) groups is 1. The number of hydrogen-bond donors (Lipinski definition) is 4. The Bertz CT molecular complexity index is 934. The Kier molecular flexibility index (Phi) is 9.99. The fourth-order valence-corrected chi connectivity index (χ4v) is 3.91. The minimum atomic E-state index is -3.50. The number of hydrogen-bond acceptors (Lipinski definition) is 7. The second-order valence-electron chi connectivity index (χ2n) is 6.51. The number of nitrogens with one attached hydrogen (secondary N) is 3. The molecular weight excluding hydrogens is 448 g/mol. The third-order valence-corrected chi connectivity index (χ3v) is 5.57. The minimum Gasteiger partial charge on any atom is -0.464 e. The van der Waals surface area contributed by atoms with Crippen molar-refractivity contribution in [1.29, 1.82) is 0 Å². The van der Waals surface area contributed by atoms with Crippen molar-refractivity contribution in [3.8, 4) is 0 Å². The van der Waals surface area contributed by atoms with Crippen LogP contribution >= 0.6 is 23.4 Å². The summed E-state index contributed by atoms with van der Waals surface area (Å²) >= 11 is 7.58. The Hall–Kier alpha value is -1.72. The third-order valence-electron chi connectivity index (χ3n) is 3.79. The molecule has 2 aromatic rings. The summed E-state index contributed by atoms with van der Waals surface area (Å²) in [6.45, 7) is 1.16. The minimum absolute atomic E-state index is 0.0149. The van der Waals surface area contributed by atoms with Gasteiger partial charge in [0, 0.05) is 17.3 Å². The predicted octanol–water partition coefficient (Wildman–Crippen LogP) is 2.11. The van der Waals surface area contributed by atoms with Gasteiger partial charge in [0.15, 0.2) is 0 Å². The molecule has 1 heterocycles. The molecule has 0 amide bonds. The molecule has 0 spiro atoms. The molecule has 0 bridgehead atoms. The van der Waals surface area contributed by atoms with Crippen LogP contribution in [0.4, 0.5) is 0 Å². The molecule has 0 aliphatic heterocycles. The van der Waals surface area contributed by atoms with Crippen molar-refractivity contribution in [2.45, 2.75) is 18.4 Å². The number of halogens is 1. The van der Waals surface area contributed by atoms with Gasteiger partial charge in [0.2, 0.25) is 16.0 Å². The molecule has 2 rings (SSSR count). The Labute approximate surface area is 186 Å². The van der Waals surface area contributed by atoms with Gasteiger partial charge in [-0.2, -0.15) is 11.8 Å². The lowest BCUT2D eigenvalue weighted by atomic mass is 10.1. The molecule has 0 saturated heterocycles. The summed E-state index contributed by atoms with van der Waals surface area (Å²) in [5.41, 5.74) is 0.608. The van der Waals surface area contributed by atoms with Gasteiger partial charge in [-0.15, -0.1) is 0 Å². The van der Waals surface area contributed by atoms with Crippen molar-refractivity contribution in [3.63, 3.8) is 0 Å². The van der Waals surface area contributed by atoms with E-state index in [9.17, 15) is 13.5 Å². The van der Waals surface area contributed by atoms with Crippen LogP contribution in [0.25, 0.3) is 0 Å². The van der Waals surface area contributed by atoms with E-state index >= 15 is 0 Å². The maximum Gasteiger partial charge on any atom is 0.232 e. The summed E-state index contributed by atoms with van der Waals surface area (Å²) in [6, 6.07) is 10.7. The van der Waals surface area contributed by atoms with E-state index in [1.807, 2.05) is 19.2 Å². The average molecular weight is 475 g/mol. The molecule has 166 valence electrons. The van der Waals surface area contributed by atoms with Gasteiger partial charge in [-0.3, -0.25) is 4.72 Å². The van der Waals surface area contributed by atoms with Gasteiger partial charge in [0.1, 0.15) is 11.5 Å². The molecule has 1 aromatic heterocycles. The molecule has 30 heavy (non-hydrogen) atoms. The fraction of sp³-hybridized carbons (Fsp3) is 0.421. The van der Waals surface area contributed by atoms with Crippen LogP contribution in [0, 0.1) is 0 Å². The van der Waals surface area contributed by atoms with Crippen LogP contribution in [0.1, 0.15) is 23.2 Å². The summed E-state index contributed by atoms with van der Waals surface area (Å²) in [5.74, 6) is 3.29. The van der Waals surface area contributed by atoms with Gasteiger partial charge in [-0.25, -0.2) is 13.4 Å². The van der Waals surface area contributed by atoms with E-state index in [-0.39, 0.29) is 12.5 Å². The highest BCUT2D eigenvalue weighted by molar-refractivity contribution is 7.98. The third kappa shape index (κ3) is 9.40. The van der Waals surface area contributed by atoms with Gasteiger partial charge < -0.3 is 20.2 Å². The monoisotopic (exact) mass is 474 g/mol. The van der Waals surface area contributed by atoms with Crippen molar-refractivity contribution in [2.24, 2.45) is 4.99 Å². The van der Waals surface area contributed by atoms with E-state index in [4.69, 9.17) is 16.0 Å². The number of aliphatic hydroxyl groups is 1. The molecule has 0 fully saturated rings. The zero-order valence-electron chi connectivity index (χ0n) is 16.9. The first-order valence-corrected chi connectivity index (χ1v) is 12.7. The Morgan fingerprint density at radius 3 is 2.77 bits per heavy atom. The van der Waals surface area contributed by atoms with E-state index in [0.29, 0.717) is 35.2 Å². The number of aliphatic hydroxyl groups excluding tert-OH is 1. The average Bonchev–Trinajstić information content (AvgIpc) is 3.12. The molecule has 1 atom stereocenters. The van der Waals surface area contributed by atoms with E-state index in [1.54, 1.807) is 36.0 Å². The van der Waals surface area contributed by atoms with Crippen LogP contribution in [0.5, 0.6) is 0 Å². The van der Waals surface area contributed by atoms with Crippen LogP contribution in [-0.2, 0) is 22.3 Å². The Morgan fingerprint density at radius 2 is 2.07 bits per heavy atom. The molecule has 1 unspecified atom stereocenters. The van der Waals surface area contributed by atoms with E-state index in [2.05, 4.69) is 20.3 Å². The van der Waals surface area contributed by atoms with Gasteiger partial charge in [-0.1, -0.05) is 23.7 Å². The lowest BCUT2D eigenvalue weighted by Gasteiger charge is -2.13. The topological polar surface area (TPSA) is 116 Å². The smallest absolute Gasteiger partial charge is 0.232 e. The second-order valence-corrected chi connectivity index (χ2v) is 9.80. The number of sulfonamides is 1. The van der Waals surface area contributed by atoms with Crippen molar-refractivity contribution in [1.82, 2.24) is 15.4 Å². The van der Waals surface area contributed by atoms with Crippen molar-refractivity contribution in [2.75, 3.05) is 32.1 Å². The molecule has 1 aromatic carbocycles. The number of furan rings is 1. The van der Waals surface area contributed by atoms with Gasteiger partial charge in [-0.05, 0) is 36.9 Å². The summed E-state index contributed by atoms with van der Waals surface area (Å²) in [5, 5.41) is 16.8. The Balaban J connectivity index is 1.84. The second kappa shape index (κ2) is 12.2. The number of guanidine groups is 1. The number of nitrogens with zero attached hydrogens (tertiary/aromatic N) is 1. The quantitative estimate of drug-likeness (QED) is 0.224. The highest BCUT2D eigenvalue weighted by Crippen LogP contribution is 2.18. The molecule has 0 saturated carbocycles. The molecule has 4 N–H and O–H groups in total. The van der Waals surface area contributed by atoms with Gasteiger partial charge in [0.25, 0.3) is 0 Å². The molecule has 0 radical (unpaired) electrons. The SMILES string of the molecule is CNCc1ccc(CSCCNC(=NCC(O)c2cccc(Cl)c2)NS(C)(=O)=O)o1. The number of thioether (sulfide) groups is 1. The largest absolute Gasteiger partial charge is 0.464 e. The molecule has 11 heteroatoms. The van der Waals surface area contributed by atoms with Crippen LogP contribution in [-0.4, -0.2) is 51.6 Å².